The lowest BCUT2D eigenvalue weighted by Crippen LogP contribution is -2.48. The quantitative estimate of drug-likeness (QED) is 0.385. The summed E-state index contributed by atoms with van der Waals surface area (Å²) >= 11 is 0. The van der Waals surface area contributed by atoms with Gasteiger partial charge in [0.25, 0.3) is 10.0 Å². The molecule has 0 saturated carbocycles. The average molecular weight is 418 g/mol. The predicted octanol–water partition coefficient (Wildman–Crippen LogP) is 0.0439. The third-order valence-corrected chi connectivity index (χ3v) is 6.05. The Morgan fingerprint density at radius 2 is 1.85 bits per heavy atom. The van der Waals surface area contributed by atoms with Crippen molar-refractivity contribution >= 4 is 32.3 Å². The molecule has 2 saturated heterocycles. The summed E-state index contributed by atoms with van der Waals surface area (Å²) in [6.45, 7) is 1.88. The number of nitrogens with two attached hydrogens (primary N) is 1. The van der Waals surface area contributed by atoms with Gasteiger partial charge in [0.1, 0.15) is 5.84 Å². The highest BCUT2D eigenvalue weighted by Crippen LogP contribution is 2.31. The van der Waals surface area contributed by atoms with Crippen LogP contribution in [0.3, 0.4) is 0 Å². The molecule has 11 nitrogen and oxygen atoms in total. The summed E-state index contributed by atoms with van der Waals surface area (Å²) in [5.74, 6) is -0.281. The number of hydrogen-bond donors (Lipinski definition) is 2. The molecule has 2 unspecified atom stereocenters. The molecule has 2 atom stereocenters. The number of carbonyl (C=O) groups excluding carboxylic acids is 1. The smallest absolute Gasteiger partial charge is 0.385 e. The maximum Gasteiger partial charge on any atom is 0.418 e. The lowest BCUT2D eigenvalue weighted by Gasteiger charge is -2.29. The Morgan fingerprint density at radius 3 is 2.44 bits per heavy atom. The standard InChI is InChI=1S/C14H18N4O7S2/c1-9-2-5-11(6-3-9)26(20,21)16-13(15)12-7-4-10-8-17(12)14(19)18(10)25-27(22,23)24/h2-3,5-6,10,12H,4,7-8H2,1H3,(H2,15,16)(H,22,23,24). The fraction of sp³-hybridized carbons (Fsp3) is 0.429. The summed E-state index contributed by atoms with van der Waals surface area (Å²) in [5.41, 5.74) is 6.75. The largest absolute Gasteiger partial charge is 0.418 e. The van der Waals surface area contributed by atoms with Gasteiger partial charge in [0.15, 0.2) is 0 Å². The minimum absolute atomic E-state index is 0.0335. The van der Waals surface area contributed by atoms with Crippen molar-refractivity contribution in [2.45, 2.75) is 36.7 Å². The Labute approximate surface area is 156 Å². The second-order valence-corrected chi connectivity index (χ2v) is 8.92. The van der Waals surface area contributed by atoms with Gasteiger partial charge < -0.3 is 10.6 Å². The lowest BCUT2D eigenvalue weighted by atomic mass is 10.0. The van der Waals surface area contributed by atoms with Gasteiger partial charge in [-0.3, -0.25) is 4.55 Å². The van der Waals surface area contributed by atoms with Crippen molar-refractivity contribution in [3.63, 3.8) is 0 Å². The van der Waals surface area contributed by atoms with Crippen molar-refractivity contribution in [1.29, 1.82) is 0 Å². The van der Waals surface area contributed by atoms with Gasteiger partial charge in [-0.05, 0) is 31.9 Å². The van der Waals surface area contributed by atoms with Crippen LogP contribution < -0.4 is 5.73 Å². The molecule has 0 radical (unpaired) electrons. The molecular formula is C14H18N4O7S2. The number of sulfonamides is 1. The average Bonchev–Trinajstić information content (AvgIpc) is 2.78. The highest BCUT2D eigenvalue weighted by atomic mass is 32.3. The van der Waals surface area contributed by atoms with Gasteiger partial charge in [0.05, 0.1) is 17.0 Å². The molecule has 1 aromatic rings. The second-order valence-electron chi connectivity index (χ2n) is 6.31. The Bertz CT molecular complexity index is 989. The van der Waals surface area contributed by atoms with E-state index >= 15 is 0 Å². The van der Waals surface area contributed by atoms with E-state index in [1.54, 1.807) is 12.1 Å². The monoisotopic (exact) mass is 418 g/mol. The van der Waals surface area contributed by atoms with E-state index in [1.165, 1.54) is 17.0 Å². The molecule has 148 valence electrons. The van der Waals surface area contributed by atoms with Crippen LogP contribution in [0.5, 0.6) is 0 Å². The summed E-state index contributed by atoms with van der Waals surface area (Å²) < 4.78 is 63.4. The van der Waals surface area contributed by atoms with Crippen molar-refractivity contribution in [3.8, 4) is 0 Å². The molecule has 2 bridgehead atoms. The van der Waals surface area contributed by atoms with Crippen molar-refractivity contribution in [2.24, 2.45) is 10.1 Å². The fourth-order valence-electron chi connectivity index (χ4n) is 3.10. The van der Waals surface area contributed by atoms with Gasteiger partial charge in [0, 0.05) is 6.54 Å². The number of benzene rings is 1. The summed E-state index contributed by atoms with van der Waals surface area (Å²) in [6, 6.07) is 3.78. The van der Waals surface area contributed by atoms with Crippen LogP contribution in [0.2, 0.25) is 0 Å². The number of carbonyl (C=O) groups is 1. The highest BCUT2D eigenvalue weighted by Gasteiger charge is 2.48. The molecule has 2 fully saturated rings. The predicted molar refractivity (Wildman–Crippen MR) is 93.4 cm³/mol. The van der Waals surface area contributed by atoms with Crippen LogP contribution in [0, 0.1) is 6.92 Å². The van der Waals surface area contributed by atoms with Crippen molar-refractivity contribution in [2.75, 3.05) is 6.54 Å². The Hall–Kier alpha value is -2.22. The SMILES string of the molecule is Cc1ccc(S(=O)(=O)N=C(N)C2CCC3CN2C(=O)N3OS(=O)(=O)O)cc1. The maximum absolute atomic E-state index is 12.4. The number of amides is 2. The molecule has 3 rings (SSSR count). The first-order valence-electron chi connectivity index (χ1n) is 7.92. The van der Waals surface area contributed by atoms with E-state index in [2.05, 4.69) is 8.68 Å². The number of hydroxylamine groups is 2. The molecule has 2 aliphatic rings. The van der Waals surface area contributed by atoms with Gasteiger partial charge in [-0.1, -0.05) is 17.7 Å². The molecule has 2 aliphatic heterocycles. The van der Waals surface area contributed by atoms with Crippen LogP contribution in [0.15, 0.2) is 33.6 Å². The molecule has 0 spiro atoms. The zero-order valence-corrected chi connectivity index (χ0v) is 15.9. The summed E-state index contributed by atoms with van der Waals surface area (Å²) in [6.07, 6.45) is 0.559. The minimum Gasteiger partial charge on any atom is -0.385 e. The topological polar surface area (TPSA) is 160 Å². The lowest BCUT2D eigenvalue weighted by molar-refractivity contribution is -0.0316. The van der Waals surface area contributed by atoms with Crippen LogP contribution in [0.4, 0.5) is 4.79 Å². The van der Waals surface area contributed by atoms with Crippen LogP contribution in [0.1, 0.15) is 18.4 Å². The Balaban J connectivity index is 1.84. The molecule has 2 amide bonds. The Morgan fingerprint density at radius 1 is 1.22 bits per heavy atom. The first-order chi connectivity index (χ1) is 12.5. The summed E-state index contributed by atoms with van der Waals surface area (Å²) in [7, 11) is -8.92. The van der Waals surface area contributed by atoms with Crippen molar-refractivity contribution in [1.82, 2.24) is 9.96 Å². The van der Waals surface area contributed by atoms with Gasteiger partial charge in [0.2, 0.25) is 0 Å². The van der Waals surface area contributed by atoms with Crippen molar-refractivity contribution in [3.05, 3.63) is 29.8 Å². The van der Waals surface area contributed by atoms with Crippen LogP contribution in [-0.4, -0.2) is 61.8 Å². The fourth-order valence-corrected chi connectivity index (χ4v) is 4.47. The van der Waals surface area contributed by atoms with Gasteiger partial charge in [-0.15, -0.1) is 8.68 Å². The van der Waals surface area contributed by atoms with E-state index in [-0.39, 0.29) is 23.7 Å². The number of piperidine rings is 1. The molecule has 13 heteroatoms. The molecule has 1 aromatic carbocycles. The molecule has 2 heterocycles. The third-order valence-electron chi connectivity index (χ3n) is 4.38. The summed E-state index contributed by atoms with van der Waals surface area (Å²) in [5, 5.41) is 0.553. The number of aryl methyl sites for hydroxylation is 1. The van der Waals surface area contributed by atoms with Crippen LogP contribution >= 0.6 is 0 Å². The Kier molecular flexibility index (Phi) is 4.88. The van der Waals surface area contributed by atoms with Gasteiger partial charge in [-0.2, -0.15) is 21.9 Å². The van der Waals surface area contributed by atoms with Crippen LogP contribution in [0.25, 0.3) is 0 Å². The maximum atomic E-state index is 12.4. The van der Waals surface area contributed by atoms with Crippen molar-refractivity contribution < 1.29 is 30.5 Å². The zero-order valence-electron chi connectivity index (χ0n) is 14.2. The third kappa shape index (κ3) is 4.05. The normalized spacial score (nSPS) is 23.8. The number of nitrogens with zero attached hydrogens (tertiary/aromatic N) is 3. The molecule has 0 aromatic heterocycles. The molecule has 27 heavy (non-hydrogen) atoms. The minimum atomic E-state index is -4.86. The second kappa shape index (κ2) is 6.74. The highest BCUT2D eigenvalue weighted by molar-refractivity contribution is 7.90. The van der Waals surface area contributed by atoms with E-state index in [0.717, 1.165) is 5.56 Å². The first kappa shape index (κ1) is 19.5. The number of rotatable bonds is 5. The van der Waals surface area contributed by atoms with E-state index in [9.17, 15) is 21.6 Å². The first-order valence-corrected chi connectivity index (χ1v) is 10.7. The zero-order chi connectivity index (χ0) is 20.0. The number of amidine groups is 1. The molecule has 0 aliphatic carbocycles. The van der Waals surface area contributed by atoms with E-state index in [0.29, 0.717) is 11.5 Å². The van der Waals surface area contributed by atoms with E-state index in [1.807, 2.05) is 6.92 Å². The molecular weight excluding hydrogens is 400 g/mol. The van der Waals surface area contributed by atoms with E-state index in [4.69, 9.17) is 10.3 Å². The van der Waals surface area contributed by atoms with Gasteiger partial charge >= 0.3 is 16.4 Å². The molecule has 3 N–H and O–H groups in total. The van der Waals surface area contributed by atoms with E-state index < -0.39 is 38.5 Å². The summed E-state index contributed by atoms with van der Waals surface area (Å²) in [4.78, 5) is 13.5. The van der Waals surface area contributed by atoms with Crippen LogP contribution in [-0.2, 0) is 24.7 Å². The number of urea groups is 1. The number of hydrogen-bond acceptors (Lipinski definition) is 6. The van der Waals surface area contributed by atoms with Gasteiger partial charge in [-0.25, -0.2) is 4.79 Å². The number of fused-ring (bicyclic) bond motifs is 2.